The van der Waals surface area contributed by atoms with Gasteiger partial charge in [0.2, 0.25) is 5.91 Å². The standard InChI is InChI=1S/C21H30F3N5O.HI/c1-25-20(26-9-6-15-7-10-29(11-8-15)14-21(22,23)24)27-13-16-12-19(30)28-18-5-3-2-4-17(16)18;/h2-5,15-16H,6-14H2,1H3,(H,28,30)(H2,25,26,27);1H. The minimum absolute atomic E-state index is 0. The van der Waals surface area contributed by atoms with Crippen molar-refractivity contribution in [3.63, 3.8) is 0 Å². The maximum absolute atomic E-state index is 12.5. The van der Waals surface area contributed by atoms with Crippen molar-refractivity contribution >= 4 is 41.5 Å². The SMILES string of the molecule is CN=C(NCCC1CCN(CC(F)(F)F)CC1)NCC1CC(=O)Nc2ccccc21.I. The molecule has 0 saturated carbocycles. The van der Waals surface area contributed by atoms with E-state index >= 15 is 0 Å². The lowest BCUT2D eigenvalue weighted by molar-refractivity contribution is -0.148. The van der Waals surface area contributed by atoms with Crippen LogP contribution in [0.15, 0.2) is 29.3 Å². The number of carbonyl (C=O) groups excluding carboxylic acids is 1. The van der Waals surface area contributed by atoms with Crippen molar-refractivity contribution in [2.75, 3.05) is 45.1 Å². The zero-order valence-electron chi connectivity index (χ0n) is 17.7. The summed E-state index contributed by atoms with van der Waals surface area (Å²) >= 11 is 0. The number of nitrogens with one attached hydrogen (secondary N) is 3. The molecule has 2 aliphatic heterocycles. The second kappa shape index (κ2) is 11.9. The predicted octanol–water partition coefficient (Wildman–Crippen LogP) is 3.56. The first-order valence-corrected chi connectivity index (χ1v) is 10.5. The van der Waals surface area contributed by atoms with Crippen LogP contribution in [0.5, 0.6) is 0 Å². The van der Waals surface area contributed by atoms with Crippen LogP contribution in [0.4, 0.5) is 18.9 Å². The number of hydrogen-bond acceptors (Lipinski definition) is 3. The van der Waals surface area contributed by atoms with E-state index in [1.165, 1.54) is 4.90 Å². The minimum atomic E-state index is -4.12. The van der Waals surface area contributed by atoms with Crippen molar-refractivity contribution in [3.05, 3.63) is 29.8 Å². The summed E-state index contributed by atoms with van der Waals surface area (Å²) < 4.78 is 37.5. The van der Waals surface area contributed by atoms with Gasteiger partial charge in [-0.25, -0.2) is 0 Å². The Bertz CT molecular complexity index is 751. The van der Waals surface area contributed by atoms with Crippen LogP contribution in [0, 0.1) is 5.92 Å². The summed E-state index contributed by atoms with van der Waals surface area (Å²) in [6.07, 6.45) is -1.21. The number of fused-ring (bicyclic) bond motifs is 1. The fourth-order valence-corrected chi connectivity index (χ4v) is 4.21. The molecular weight excluding hydrogens is 522 g/mol. The predicted molar refractivity (Wildman–Crippen MR) is 127 cm³/mol. The second-order valence-electron chi connectivity index (χ2n) is 8.04. The van der Waals surface area contributed by atoms with Crippen LogP contribution in [0.2, 0.25) is 0 Å². The van der Waals surface area contributed by atoms with E-state index in [2.05, 4.69) is 20.9 Å². The molecule has 0 radical (unpaired) electrons. The third-order valence-corrected chi connectivity index (χ3v) is 5.80. The highest BCUT2D eigenvalue weighted by Gasteiger charge is 2.32. The van der Waals surface area contributed by atoms with E-state index in [1.807, 2.05) is 24.3 Å². The van der Waals surface area contributed by atoms with Gasteiger partial charge in [-0.05, 0) is 49.9 Å². The molecule has 3 N–H and O–H groups in total. The summed E-state index contributed by atoms with van der Waals surface area (Å²) in [5, 5.41) is 9.48. The van der Waals surface area contributed by atoms with Gasteiger partial charge in [-0.3, -0.25) is 14.7 Å². The van der Waals surface area contributed by atoms with Gasteiger partial charge in [0.1, 0.15) is 0 Å². The second-order valence-corrected chi connectivity index (χ2v) is 8.04. The number of nitrogens with zero attached hydrogens (tertiary/aromatic N) is 2. The molecule has 1 amide bonds. The minimum Gasteiger partial charge on any atom is -0.356 e. The Morgan fingerprint density at radius 3 is 2.61 bits per heavy atom. The molecule has 0 spiro atoms. The summed E-state index contributed by atoms with van der Waals surface area (Å²) in [6.45, 7) is 1.50. The first-order valence-electron chi connectivity index (χ1n) is 10.5. The Kier molecular flexibility index (Phi) is 9.86. The highest BCUT2D eigenvalue weighted by atomic mass is 127. The van der Waals surface area contributed by atoms with Crippen LogP contribution in [0.25, 0.3) is 0 Å². The fraction of sp³-hybridized carbons (Fsp3) is 0.619. The van der Waals surface area contributed by atoms with Gasteiger partial charge in [-0.1, -0.05) is 18.2 Å². The number of anilines is 1. The lowest BCUT2D eigenvalue weighted by atomic mass is 9.90. The number of rotatable bonds is 6. The van der Waals surface area contributed by atoms with E-state index in [0.29, 0.717) is 44.5 Å². The van der Waals surface area contributed by atoms with Crippen LogP contribution >= 0.6 is 24.0 Å². The topological polar surface area (TPSA) is 68.8 Å². The van der Waals surface area contributed by atoms with Crippen molar-refractivity contribution < 1.29 is 18.0 Å². The summed E-state index contributed by atoms with van der Waals surface area (Å²) in [5.74, 6) is 1.19. The molecule has 3 rings (SSSR count). The van der Waals surface area contributed by atoms with Crippen molar-refractivity contribution in [2.45, 2.75) is 37.8 Å². The van der Waals surface area contributed by atoms with Gasteiger partial charge in [-0.15, -0.1) is 24.0 Å². The number of aliphatic imine (C=N–C) groups is 1. The zero-order chi connectivity index (χ0) is 21.6. The summed E-state index contributed by atoms with van der Waals surface area (Å²) in [7, 11) is 1.70. The van der Waals surface area contributed by atoms with Gasteiger partial charge in [-0.2, -0.15) is 13.2 Å². The highest BCUT2D eigenvalue weighted by molar-refractivity contribution is 14.0. The van der Waals surface area contributed by atoms with Crippen molar-refractivity contribution in [3.8, 4) is 0 Å². The third-order valence-electron chi connectivity index (χ3n) is 5.80. The van der Waals surface area contributed by atoms with E-state index in [9.17, 15) is 18.0 Å². The average molecular weight is 553 g/mol. The molecule has 2 heterocycles. The summed E-state index contributed by atoms with van der Waals surface area (Å²) in [5.41, 5.74) is 1.98. The van der Waals surface area contributed by atoms with Crippen LogP contribution in [0.3, 0.4) is 0 Å². The van der Waals surface area contributed by atoms with E-state index < -0.39 is 12.7 Å². The van der Waals surface area contributed by atoms with Crippen molar-refractivity contribution in [2.24, 2.45) is 10.9 Å². The monoisotopic (exact) mass is 553 g/mol. The Labute approximate surface area is 198 Å². The first kappa shape index (κ1) is 25.7. The molecule has 6 nitrogen and oxygen atoms in total. The van der Waals surface area contributed by atoms with Crippen LogP contribution in [-0.4, -0.2) is 62.7 Å². The molecule has 31 heavy (non-hydrogen) atoms. The highest BCUT2D eigenvalue weighted by Crippen LogP contribution is 2.31. The Morgan fingerprint density at radius 1 is 1.23 bits per heavy atom. The largest absolute Gasteiger partial charge is 0.401 e. The molecular formula is C21H31F3IN5O. The molecule has 10 heteroatoms. The Balaban J connectivity index is 0.00000341. The van der Waals surface area contributed by atoms with E-state index in [0.717, 1.165) is 30.5 Å². The van der Waals surface area contributed by atoms with E-state index in [4.69, 9.17) is 0 Å². The molecule has 0 bridgehead atoms. The number of halogens is 4. The fourth-order valence-electron chi connectivity index (χ4n) is 4.21. The summed E-state index contributed by atoms with van der Waals surface area (Å²) in [6, 6.07) is 7.81. The van der Waals surface area contributed by atoms with E-state index in [-0.39, 0.29) is 35.8 Å². The van der Waals surface area contributed by atoms with E-state index in [1.54, 1.807) is 7.05 Å². The number of benzene rings is 1. The van der Waals surface area contributed by atoms with Gasteiger partial charge < -0.3 is 16.0 Å². The molecule has 1 fully saturated rings. The molecule has 1 aromatic rings. The number of piperidine rings is 1. The molecule has 1 aromatic carbocycles. The Morgan fingerprint density at radius 2 is 1.94 bits per heavy atom. The van der Waals surface area contributed by atoms with Crippen molar-refractivity contribution in [1.82, 2.24) is 15.5 Å². The first-order chi connectivity index (χ1) is 14.3. The lowest BCUT2D eigenvalue weighted by Gasteiger charge is -2.32. The van der Waals surface area contributed by atoms with Gasteiger partial charge >= 0.3 is 6.18 Å². The zero-order valence-corrected chi connectivity index (χ0v) is 20.0. The van der Waals surface area contributed by atoms with Crippen LogP contribution in [0.1, 0.15) is 37.2 Å². The number of hydrogen-bond donors (Lipinski definition) is 3. The normalized spacial score (nSPS) is 20.5. The van der Waals surface area contributed by atoms with Crippen LogP contribution in [-0.2, 0) is 4.79 Å². The number of likely N-dealkylation sites (tertiary alicyclic amines) is 1. The molecule has 1 saturated heterocycles. The lowest BCUT2D eigenvalue weighted by Crippen LogP contribution is -2.42. The van der Waals surface area contributed by atoms with Gasteiger partial charge in [0.05, 0.1) is 6.54 Å². The Hall–Kier alpha value is -1.56. The molecule has 2 aliphatic rings. The third kappa shape index (κ3) is 8.13. The number of carbonyl (C=O) groups is 1. The summed E-state index contributed by atoms with van der Waals surface area (Å²) in [4.78, 5) is 17.7. The molecule has 1 atom stereocenters. The number of guanidine groups is 1. The molecule has 174 valence electrons. The van der Waals surface area contributed by atoms with Crippen LogP contribution < -0.4 is 16.0 Å². The molecule has 1 unspecified atom stereocenters. The van der Waals surface area contributed by atoms with Gasteiger partial charge in [0, 0.05) is 38.2 Å². The van der Waals surface area contributed by atoms with Gasteiger partial charge in [0.15, 0.2) is 5.96 Å². The van der Waals surface area contributed by atoms with Crippen molar-refractivity contribution in [1.29, 1.82) is 0 Å². The molecule has 0 aromatic heterocycles. The maximum atomic E-state index is 12.5. The number of alkyl halides is 3. The van der Waals surface area contributed by atoms with Gasteiger partial charge in [0.25, 0.3) is 0 Å². The smallest absolute Gasteiger partial charge is 0.356 e. The quantitative estimate of drug-likeness (QED) is 0.287. The number of amides is 1. The number of para-hydroxylation sites is 1. The average Bonchev–Trinajstić information content (AvgIpc) is 2.70. The molecule has 0 aliphatic carbocycles. The maximum Gasteiger partial charge on any atom is 0.401 e.